The number of aromatic nitrogens is 5. The van der Waals surface area contributed by atoms with Crippen molar-refractivity contribution in [2.45, 2.75) is 46.0 Å². The third-order valence-electron chi connectivity index (χ3n) is 4.23. The standard InChI is InChI=1S/C17H22N6O3S/c1-4-6-9-10(5-2)27-16(18-9)21-12(24)8-7-11-19-13-14(20-11)23(3)17(26)22-15(13)25/h4-8H2,1-3H3,(H,19,20)(H,18,21,24)(H,22,25,26). The normalized spacial score (nSPS) is 11.2. The van der Waals surface area contributed by atoms with Gasteiger partial charge in [-0.3, -0.25) is 19.1 Å². The van der Waals surface area contributed by atoms with Gasteiger partial charge < -0.3 is 10.3 Å². The molecule has 144 valence electrons. The summed E-state index contributed by atoms with van der Waals surface area (Å²) in [6, 6.07) is 0. The molecule has 0 bridgehead atoms. The number of rotatable bonds is 7. The fourth-order valence-corrected chi connectivity index (χ4v) is 3.79. The predicted octanol–water partition coefficient (Wildman–Crippen LogP) is 1.49. The molecule has 27 heavy (non-hydrogen) atoms. The first-order valence-electron chi connectivity index (χ1n) is 8.89. The summed E-state index contributed by atoms with van der Waals surface area (Å²) in [7, 11) is 1.53. The Morgan fingerprint density at radius 1 is 1.19 bits per heavy atom. The Bertz CT molecular complexity index is 1090. The Morgan fingerprint density at radius 2 is 1.96 bits per heavy atom. The molecule has 3 aromatic rings. The smallest absolute Gasteiger partial charge is 0.329 e. The fraction of sp³-hybridized carbons (Fsp3) is 0.471. The molecule has 0 fully saturated rings. The molecule has 0 spiro atoms. The summed E-state index contributed by atoms with van der Waals surface area (Å²) in [6.07, 6.45) is 3.33. The first-order valence-corrected chi connectivity index (χ1v) is 9.70. The van der Waals surface area contributed by atoms with Crippen LogP contribution < -0.4 is 16.6 Å². The van der Waals surface area contributed by atoms with Crippen molar-refractivity contribution in [2.75, 3.05) is 5.32 Å². The van der Waals surface area contributed by atoms with Gasteiger partial charge in [0.15, 0.2) is 10.8 Å². The molecule has 3 heterocycles. The number of aryl methyl sites for hydroxylation is 4. The monoisotopic (exact) mass is 390 g/mol. The molecular weight excluding hydrogens is 368 g/mol. The molecule has 0 aliphatic heterocycles. The second kappa shape index (κ2) is 7.87. The molecule has 0 saturated heterocycles. The molecule has 3 rings (SSSR count). The van der Waals surface area contributed by atoms with Crippen molar-refractivity contribution in [2.24, 2.45) is 7.05 Å². The van der Waals surface area contributed by atoms with E-state index in [2.05, 4.69) is 39.1 Å². The summed E-state index contributed by atoms with van der Waals surface area (Å²) >= 11 is 1.51. The van der Waals surface area contributed by atoms with E-state index in [0.29, 0.717) is 17.4 Å². The van der Waals surface area contributed by atoms with E-state index in [9.17, 15) is 14.4 Å². The minimum absolute atomic E-state index is 0.169. The Balaban J connectivity index is 1.68. The Labute approximate surface area is 158 Å². The van der Waals surface area contributed by atoms with Crippen molar-refractivity contribution in [3.8, 4) is 0 Å². The maximum atomic E-state index is 12.2. The van der Waals surface area contributed by atoms with Crippen LogP contribution in [0.15, 0.2) is 9.59 Å². The van der Waals surface area contributed by atoms with Crippen LogP contribution in [0.25, 0.3) is 11.2 Å². The van der Waals surface area contributed by atoms with Crippen molar-refractivity contribution < 1.29 is 4.79 Å². The number of carbonyl (C=O) groups is 1. The van der Waals surface area contributed by atoms with Crippen molar-refractivity contribution in [1.82, 2.24) is 24.5 Å². The van der Waals surface area contributed by atoms with Crippen LogP contribution >= 0.6 is 11.3 Å². The SMILES string of the molecule is CCCc1nc(NC(=O)CCc2nc3c([nH]2)c(=O)[nH]c(=O)n3C)sc1CC. The molecule has 0 aliphatic carbocycles. The van der Waals surface area contributed by atoms with Gasteiger partial charge >= 0.3 is 5.69 Å². The van der Waals surface area contributed by atoms with E-state index >= 15 is 0 Å². The van der Waals surface area contributed by atoms with Gasteiger partial charge in [-0.15, -0.1) is 11.3 Å². The summed E-state index contributed by atoms with van der Waals surface area (Å²) < 4.78 is 1.26. The summed E-state index contributed by atoms with van der Waals surface area (Å²) in [6.45, 7) is 4.18. The molecular formula is C17H22N6O3S. The molecule has 1 amide bonds. The van der Waals surface area contributed by atoms with E-state index in [1.54, 1.807) is 0 Å². The van der Waals surface area contributed by atoms with Crippen LogP contribution in [0.5, 0.6) is 0 Å². The number of nitrogens with one attached hydrogen (secondary N) is 3. The molecule has 0 atom stereocenters. The fourth-order valence-electron chi connectivity index (χ4n) is 2.83. The van der Waals surface area contributed by atoms with Gasteiger partial charge in [0.2, 0.25) is 5.91 Å². The molecule has 3 aromatic heterocycles. The number of aromatic amines is 2. The third kappa shape index (κ3) is 4.00. The Morgan fingerprint density at radius 3 is 2.67 bits per heavy atom. The average Bonchev–Trinajstić information content (AvgIpc) is 3.23. The third-order valence-corrected chi connectivity index (χ3v) is 5.38. The zero-order chi connectivity index (χ0) is 19.6. The maximum absolute atomic E-state index is 12.2. The van der Waals surface area contributed by atoms with Crippen molar-refractivity contribution >= 4 is 33.5 Å². The number of H-pyrrole nitrogens is 2. The highest BCUT2D eigenvalue weighted by atomic mass is 32.1. The molecule has 0 saturated carbocycles. The second-order valence-electron chi connectivity index (χ2n) is 6.24. The number of hydrogen-bond acceptors (Lipinski definition) is 6. The topological polar surface area (TPSA) is 126 Å². The van der Waals surface area contributed by atoms with Crippen molar-refractivity contribution in [1.29, 1.82) is 0 Å². The average molecular weight is 390 g/mol. The van der Waals surface area contributed by atoms with Crippen LogP contribution in [-0.4, -0.2) is 30.4 Å². The van der Waals surface area contributed by atoms with E-state index < -0.39 is 11.2 Å². The number of carbonyl (C=O) groups excluding carboxylic acids is 1. The highest BCUT2D eigenvalue weighted by Crippen LogP contribution is 2.24. The molecule has 0 aliphatic rings. The number of amides is 1. The van der Waals surface area contributed by atoms with Gasteiger partial charge in [0.05, 0.1) is 5.69 Å². The molecule has 3 N–H and O–H groups in total. The lowest BCUT2D eigenvalue weighted by molar-refractivity contribution is -0.116. The van der Waals surface area contributed by atoms with E-state index in [1.807, 2.05) is 0 Å². The zero-order valence-corrected chi connectivity index (χ0v) is 16.3. The highest BCUT2D eigenvalue weighted by molar-refractivity contribution is 7.15. The number of imidazole rings is 1. The lowest BCUT2D eigenvalue weighted by atomic mass is 10.2. The lowest BCUT2D eigenvalue weighted by Crippen LogP contribution is -2.28. The number of anilines is 1. The predicted molar refractivity (Wildman–Crippen MR) is 104 cm³/mol. The van der Waals surface area contributed by atoms with Crippen LogP contribution in [0.2, 0.25) is 0 Å². The Kier molecular flexibility index (Phi) is 5.54. The van der Waals surface area contributed by atoms with Crippen molar-refractivity contribution in [3.63, 3.8) is 0 Å². The van der Waals surface area contributed by atoms with Gasteiger partial charge in [0, 0.05) is 24.8 Å². The first kappa shape index (κ1) is 19.0. The summed E-state index contributed by atoms with van der Waals surface area (Å²) in [4.78, 5) is 50.8. The second-order valence-corrected chi connectivity index (χ2v) is 7.32. The van der Waals surface area contributed by atoms with E-state index in [1.165, 1.54) is 27.8 Å². The molecule has 0 aromatic carbocycles. The minimum atomic E-state index is -0.526. The lowest BCUT2D eigenvalue weighted by Gasteiger charge is -2.00. The zero-order valence-electron chi connectivity index (χ0n) is 15.5. The van der Waals surface area contributed by atoms with Crippen LogP contribution in [0.1, 0.15) is 43.1 Å². The van der Waals surface area contributed by atoms with Gasteiger partial charge in [-0.1, -0.05) is 20.3 Å². The number of hydrogen-bond donors (Lipinski definition) is 3. The number of thiazole rings is 1. The van der Waals surface area contributed by atoms with E-state index in [4.69, 9.17) is 0 Å². The minimum Gasteiger partial charge on any atom is -0.336 e. The van der Waals surface area contributed by atoms with Crippen LogP contribution in [0, 0.1) is 0 Å². The Hall–Kier alpha value is -2.75. The molecule has 0 radical (unpaired) electrons. The van der Waals surface area contributed by atoms with Gasteiger partial charge in [-0.2, -0.15) is 0 Å². The molecule has 10 heteroatoms. The highest BCUT2D eigenvalue weighted by Gasteiger charge is 2.14. The molecule has 9 nitrogen and oxygen atoms in total. The number of nitrogens with zero attached hydrogens (tertiary/aromatic N) is 3. The number of fused-ring (bicyclic) bond motifs is 1. The van der Waals surface area contributed by atoms with Gasteiger partial charge in [0.1, 0.15) is 11.3 Å². The van der Waals surface area contributed by atoms with E-state index in [-0.39, 0.29) is 23.5 Å². The molecule has 0 unspecified atom stereocenters. The van der Waals surface area contributed by atoms with Gasteiger partial charge in [0.25, 0.3) is 5.56 Å². The summed E-state index contributed by atoms with van der Waals surface area (Å²) in [5.41, 5.74) is 0.508. The van der Waals surface area contributed by atoms with Crippen molar-refractivity contribution in [3.05, 3.63) is 37.2 Å². The summed E-state index contributed by atoms with van der Waals surface area (Å²) in [5, 5.41) is 3.45. The van der Waals surface area contributed by atoms with Crippen LogP contribution in [0.3, 0.4) is 0 Å². The maximum Gasteiger partial charge on any atom is 0.329 e. The van der Waals surface area contributed by atoms with E-state index in [0.717, 1.165) is 25.0 Å². The van der Waals surface area contributed by atoms with Gasteiger partial charge in [-0.25, -0.2) is 14.8 Å². The van der Waals surface area contributed by atoms with Crippen LogP contribution in [0.4, 0.5) is 5.13 Å². The first-order chi connectivity index (χ1) is 12.9. The van der Waals surface area contributed by atoms with Crippen LogP contribution in [-0.2, 0) is 31.1 Å². The van der Waals surface area contributed by atoms with Gasteiger partial charge in [-0.05, 0) is 12.8 Å². The quantitative estimate of drug-likeness (QED) is 0.563. The largest absolute Gasteiger partial charge is 0.336 e. The summed E-state index contributed by atoms with van der Waals surface area (Å²) in [5.74, 6) is 0.310.